The van der Waals surface area contributed by atoms with Gasteiger partial charge in [-0.25, -0.2) is 4.39 Å². The number of fused-ring (bicyclic) bond motifs is 1. The van der Waals surface area contributed by atoms with Crippen LogP contribution in [0.25, 0.3) is 0 Å². The lowest BCUT2D eigenvalue weighted by Gasteiger charge is -2.16. The Hall–Kier alpha value is -3.75. The van der Waals surface area contributed by atoms with E-state index in [0.29, 0.717) is 37.7 Å². The summed E-state index contributed by atoms with van der Waals surface area (Å²) in [5.41, 5.74) is 0.997. The van der Waals surface area contributed by atoms with Crippen LogP contribution in [-0.2, 0) is 13.0 Å². The summed E-state index contributed by atoms with van der Waals surface area (Å²) >= 11 is 0. The summed E-state index contributed by atoms with van der Waals surface area (Å²) in [4.78, 5) is 26.9. The molecule has 0 spiro atoms. The van der Waals surface area contributed by atoms with Gasteiger partial charge in [-0.05, 0) is 48.4 Å². The number of nitrogens with one attached hydrogen (secondary N) is 1. The fourth-order valence-electron chi connectivity index (χ4n) is 3.32. The van der Waals surface area contributed by atoms with E-state index in [0.717, 1.165) is 11.3 Å². The van der Waals surface area contributed by atoms with Crippen molar-refractivity contribution < 1.29 is 13.9 Å². The first-order chi connectivity index (χ1) is 14.6. The van der Waals surface area contributed by atoms with Gasteiger partial charge in [0, 0.05) is 25.3 Å². The first-order valence-corrected chi connectivity index (χ1v) is 9.48. The zero-order valence-electron chi connectivity index (χ0n) is 16.3. The minimum atomic E-state index is -0.559. The number of anilines is 2. The second-order valence-electron chi connectivity index (χ2n) is 6.79. The average molecular weight is 409 g/mol. The van der Waals surface area contributed by atoms with Crippen molar-refractivity contribution in [2.75, 3.05) is 25.1 Å². The Morgan fingerprint density at radius 3 is 2.53 bits per heavy atom. The molecule has 2 heterocycles. The molecule has 1 amide bonds. The number of hydrogen-bond acceptors (Lipinski definition) is 6. The van der Waals surface area contributed by atoms with E-state index in [-0.39, 0.29) is 11.5 Å². The normalized spacial score (nSPS) is 12.5. The molecule has 0 bridgehead atoms. The Labute approximate surface area is 171 Å². The molecule has 8 nitrogen and oxygen atoms in total. The third-order valence-electron chi connectivity index (χ3n) is 4.93. The predicted molar refractivity (Wildman–Crippen MR) is 109 cm³/mol. The molecule has 4 rings (SSSR count). The number of nitrogens with zero attached hydrogens (tertiary/aromatic N) is 4. The standard InChI is InChI=1S/C21H20FN5O3/c1-30-17-8-2-14(3-9-17)10-11-23-19(28)18-20(29)27-13-12-26(21(27)25-24-18)16-6-4-15(22)5-7-16/h2-9H,10-13H2,1H3,(H,23,28). The maximum atomic E-state index is 13.2. The molecule has 30 heavy (non-hydrogen) atoms. The fourth-order valence-corrected chi connectivity index (χ4v) is 3.32. The minimum Gasteiger partial charge on any atom is -0.497 e. The van der Waals surface area contributed by atoms with Gasteiger partial charge in [0.1, 0.15) is 11.6 Å². The molecule has 0 atom stereocenters. The maximum absolute atomic E-state index is 13.2. The second kappa shape index (κ2) is 8.32. The number of carbonyl (C=O) groups excluding carboxylic acids is 1. The molecular formula is C21H20FN5O3. The van der Waals surface area contributed by atoms with E-state index in [4.69, 9.17) is 4.74 Å². The van der Waals surface area contributed by atoms with Crippen molar-refractivity contribution in [3.8, 4) is 5.75 Å². The Kier molecular flexibility index (Phi) is 5.42. The number of benzene rings is 2. The zero-order valence-corrected chi connectivity index (χ0v) is 16.3. The number of rotatable bonds is 6. The maximum Gasteiger partial charge on any atom is 0.286 e. The van der Waals surface area contributed by atoms with Crippen LogP contribution in [0.2, 0.25) is 0 Å². The van der Waals surface area contributed by atoms with Crippen LogP contribution in [0, 0.1) is 5.82 Å². The number of carbonyl (C=O) groups is 1. The van der Waals surface area contributed by atoms with Gasteiger partial charge in [-0.3, -0.25) is 14.2 Å². The number of methoxy groups -OCH3 is 1. The SMILES string of the molecule is COc1ccc(CCNC(=O)c2nnc3n(c2=O)CCN3c2ccc(F)cc2)cc1. The van der Waals surface area contributed by atoms with Crippen molar-refractivity contribution in [2.24, 2.45) is 0 Å². The Morgan fingerprint density at radius 2 is 1.83 bits per heavy atom. The second-order valence-corrected chi connectivity index (χ2v) is 6.79. The number of hydrogen-bond donors (Lipinski definition) is 1. The highest BCUT2D eigenvalue weighted by atomic mass is 19.1. The molecule has 0 unspecified atom stereocenters. The number of halogens is 1. The Morgan fingerprint density at radius 1 is 1.10 bits per heavy atom. The largest absolute Gasteiger partial charge is 0.497 e. The summed E-state index contributed by atoms with van der Waals surface area (Å²) in [5.74, 6) is 0.194. The van der Waals surface area contributed by atoms with E-state index in [2.05, 4.69) is 15.5 Å². The molecule has 1 aliphatic rings. The van der Waals surface area contributed by atoms with E-state index in [1.54, 1.807) is 24.1 Å². The van der Waals surface area contributed by atoms with Gasteiger partial charge in [-0.15, -0.1) is 10.2 Å². The van der Waals surface area contributed by atoms with E-state index < -0.39 is 11.5 Å². The Bertz CT molecular complexity index is 1110. The van der Waals surface area contributed by atoms with Gasteiger partial charge in [0.15, 0.2) is 0 Å². The lowest BCUT2D eigenvalue weighted by Crippen LogP contribution is -2.35. The summed E-state index contributed by atoms with van der Waals surface area (Å²) in [7, 11) is 1.60. The van der Waals surface area contributed by atoms with Crippen molar-refractivity contribution in [2.45, 2.75) is 13.0 Å². The van der Waals surface area contributed by atoms with Gasteiger partial charge in [-0.1, -0.05) is 12.1 Å². The van der Waals surface area contributed by atoms with Crippen molar-refractivity contribution >= 4 is 17.5 Å². The van der Waals surface area contributed by atoms with E-state index in [1.165, 1.54) is 16.7 Å². The third kappa shape index (κ3) is 3.86. The van der Waals surface area contributed by atoms with Crippen molar-refractivity contribution in [1.82, 2.24) is 20.1 Å². The molecule has 0 radical (unpaired) electrons. The third-order valence-corrected chi connectivity index (χ3v) is 4.93. The molecule has 0 saturated carbocycles. The van der Waals surface area contributed by atoms with E-state index in [9.17, 15) is 14.0 Å². The van der Waals surface area contributed by atoms with Crippen LogP contribution in [0.4, 0.5) is 16.0 Å². The number of amides is 1. The molecule has 1 aliphatic heterocycles. The van der Waals surface area contributed by atoms with Gasteiger partial charge >= 0.3 is 0 Å². The molecule has 0 aliphatic carbocycles. The molecule has 1 N–H and O–H groups in total. The monoisotopic (exact) mass is 409 g/mol. The number of ether oxygens (including phenoxy) is 1. The van der Waals surface area contributed by atoms with Gasteiger partial charge in [-0.2, -0.15) is 0 Å². The quantitative estimate of drug-likeness (QED) is 0.669. The fraction of sp³-hybridized carbons (Fsp3) is 0.238. The van der Waals surface area contributed by atoms with Crippen LogP contribution >= 0.6 is 0 Å². The first-order valence-electron chi connectivity index (χ1n) is 9.48. The van der Waals surface area contributed by atoms with Crippen molar-refractivity contribution in [3.05, 3.63) is 76.0 Å². The molecule has 3 aromatic rings. The topological polar surface area (TPSA) is 89.3 Å². The molecule has 1 aromatic heterocycles. The van der Waals surface area contributed by atoms with Gasteiger partial charge < -0.3 is 15.0 Å². The molecule has 9 heteroatoms. The van der Waals surface area contributed by atoms with Crippen LogP contribution in [0.3, 0.4) is 0 Å². The molecule has 154 valence electrons. The summed E-state index contributed by atoms with van der Waals surface area (Å²) in [5, 5.41) is 10.7. The first kappa shape index (κ1) is 19.6. The number of aromatic nitrogens is 3. The molecule has 2 aromatic carbocycles. The molecular weight excluding hydrogens is 389 g/mol. The summed E-state index contributed by atoms with van der Waals surface area (Å²) in [6.45, 7) is 1.21. The van der Waals surface area contributed by atoms with Crippen LogP contribution < -0.4 is 20.5 Å². The van der Waals surface area contributed by atoms with Crippen molar-refractivity contribution in [3.63, 3.8) is 0 Å². The summed E-state index contributed by atoms with van der Waals surface area (Å²) in [6.07, 6.45) is 0.605. The highest BCUT2D eigenvalue weighted by Crippen LogP contribution is 2.26. The van der Waals surface area contributed by atoms with Gasteiger partial charge in [0.05, 0.1) is 7.11 Å². The van der Waals surface area contributed by atoms with Crippen molar-refractivity contribution in [1.29, 1.82) is 0 Å². The summed E-state index contributed by atoms with van der Waals surface area (Å²) < 4.78 is 19.7. The Balaban J connectivity index is 1.44. The van der Waals surface area contributed by atoms with Crippen LogP contribution in [0.15, 0.2) is 53.3 Å². The molecule has 0 saturated heterocycles. The van der Waals surface area contributed by atoms with E-state index in [1.807, 2.05) is 24.3 Å². The van der Waals surface area contributed by atoms with Crippen LogP contribution in [0.1, 0.15) is 16.1 Å². The summed E-state index contributed by atoms with van der Waals surface area (Å²) in [6, 6.07) is 13.4. The average Bonchev–Trinajstić information content (AvgIpc) is 3.20. The smallest absolute Gasteiger partial charge is 0.286 e. The predicted octanol–water partition coefficient (Wildman–Crippen LogP) is 1.91. The lowest BCUT2D eigenvalue weighted by atomic mass is 10.1. The lowest BCUT2D eigenvalue weighted by molar-refractivity contribution is 0.0945. The molecule has 0 fully saturated rings. The minimum absolute atomic E-state index is 0.241. The van der Waals surface area contributed by atoms with E-state index >= 15 is 0 Å². The van der Waals surface area contributed by atoms with Crippen LogP contribution in [-0.4, -0.2) is 40.9 Å². The highest BCUT2D eigenvalue weighted by molar-refractivity contribution is 5.91. The van der Waals surface area contributed by atoms with Gasteiger partial charge in [0.25, 0.3) is 11.5 Å². The van der Waals surface area contributed by atoms with Crippen LogP contribution in [0.5, 0.6) is 5.75 Å². The highest BCUT2D eigenvalue weighted by Gasteiger charge is 2.27. The zero-order chi connectivity index (χ0) is 21.1. The van der Waals surface area contributed by atoms with Gasteiger partial charge in [0.2, 0.25) is 11.6 Å².